The van der Waals surface area contributed by atoms with E-state index in [1.807, 2.05) is 0 Å². The molecule has 11 heavy (non-hydrogen) atoms. The molecule has 1 N–H and O–H groups in total. The minimum absolute atomic E-state index is 0.238. The van der Waals surface area contributed by atoms with Crippen LogP contribution in [0.5, 0.6) is 5.19 Å². The fraction of sp³-hybridized carbons (Fsp3) is 0.333. The molecule has 60 valence electrons. The van der Waals surface area contributed by atoms with Crippen molar-refractivity contribution in [2.24, 2.45) is 0 Å². The van der Waals surface area contributed by atoms with Crippen molar-refractivity contribution in [3.05, 3.63) is 10.6 Å². The molecule has 5 heteroatoms. The van der Waals surface area contributed by atoms with E-state index < -0.39 is 5.97 Å². The lowest BCUT2D eigenvalue weighted by Gasteiger charge is -1.85. The number of aryl methyl sites for hydroxylation is 1. The summed E-state index contributed by atoms with van der Waals surface area (Å²) >= 11 is 1.03. The van der Waals surface area contributed by atoms with Crippen LogP contribution in [0.15, 0.2) is 0 Å². The molecule has 0 radical (unpaired) electrons. The number of thiazole rings is 1. The second-order valence-electron chi connectivity index (χ2n) is 1.90. The van der Waals surface area contributed by atoms with Gasteiger partial charge in [0.15, 0.2) is 0 Å². The SMILES string of the molecule is COc1nc(C)c(C(=O)O)s1. The van der Waals surface area contributed by atoms with Gasteiger partial charge in [0.05, 0.1) is 12.8 Å². The van der Waals surface area contributed by atoms with Gasteiger partial charge in [0.1, 0.15) is 4.88 Å². The number of aromatic carboxylic acids is 1. The van der Waals surface area contributed by atoms with Crippen LogP contribution in [0.25, 0.3) is 0 Å². The molecule has 1 rings (SSSR count). The van der Waals surface area contributed by atoms with Crippen molar-refractivity contribution in [1.29, 1.82) is 0 Å². The quantitative estimate of drug-likeness (QED) is 0.729. The molecule has 1 aromatic rings. The maximum atomic E-state index is 10.5. The molecular weight excluding hydrogens is 166 g/mol. The highest BCUT2D eigenvalue weighted by atomic mass is 32.1. The van der Waals surface area contributed by atoms with Crippen LogP contribution in [-0.4, -0.2) is 23.2 Å². The Hall–Kier alpha value is -1.10. The summed E-state index contributed by atoms with van der Waals surface area (Å²) in [6.45, 7) is 1.64. The Balaban J connectivity index is 3.07. The van der Waals surface area contributed by atoms with Crippen molar-refractivity contribution in [1.82, 2.24) is 4.98 Å². The lowest BCUT2D eigenvalue weighted by atomic mass is 10.4. The number of carbonyl (C=O) groups is 1. The first-order valence-corrected chi connectivity index (χ1v) is 3.71. The van der Waals surface area contributed by atoms with E-state index in [-0.39, 0.29) is 4.88 Å². The molecule has 0 spiro atoms. The molecule has 0 aliphatic carbocycles. The van der Waals surface area contributed by atoms with Crippen LogP contribution < -0.4 is 4.74 Å². The molecule has 0 aliphatic rings. The van der Waals surface area contributed by atoms with Crippen LogP contribution in [0.1, 0.15) is 15.4 Å². The highest BCUT2D eigenvalue weighted by Gasteiger charge is 2.13. The summed E-state index contributed by atoms with van der Waals surface area (Å²) in [7, 11) is 1.46. The van der Waals surface area contributed by atoms with Gasteiger partial charge >= 0.3 is 5.97 Å². The summed E-state index contributed by atoms with van der Waals surface area (Å²) in [6, 6.07) is 0. The number of carboxylic acid groups (broad SMARTS) is 1. The van der Waals surface area contributed by atoms with Gasteiger partial charge in [-0.15, -0.1) is 0 Å². The van der Waals surface area contributed by atoms with E-state index in [1.165, 1.54) is 7.11 Å². The summed E-state index contributed by atoms with van der Waals surface area (Å²) in [6.07, 6.45) is 0. The Morgan fingerprint density at radius 2 is 2.36 bits per heavy atom. The second-order valence-corrected chi connectivity index (χ2v) is 2.87. The molecule has 0 aliphatic heterocycles. The van der Waals surface area contributed by atoms with E-state index in [0.29, 0.717) is 10.9 Å². The normalized spacial score (nSPS) is 9.64. The minimum Gasteiger partial charge on any atom is -0.477 e. The van der Waals surface area contributed by atoms with Gasteiger partial charge in [0.2, 0.25) is 0 Å². The number of ether oxygens (including phenoxy) is 1. The van der Waals surface area contributed by atoms with Gasteiger partial charge in [-0.3, -0.25) is 0 Å². The highest BCUT2D eigenvalue weighted by molar-refractivity contribution is 7.15. The molecule has 1 heterocycles. The average Bonchev–Trinajstić information content (AvgIpc) is 2.30. The molecule has 0 saturated heterocycles. The molecular formula is C6H7NO3S. The van der Waals surface area contributed by atoms with Crippen LogP contribution >= 0.6 is 11.3 Å². The smallest absolute Gasteiger partial charge is 0.347 e. The molecule has 0 bridgehead atoms. The Kier molecular flexibility index (Phi) is 2.09. The van der Waals surface area contributed by atoms with Crippen LogP contribution in [0, 0.1) is 6.92 Å². The monoisotopic (exact) mass is 173 g/mol. The van der Waals surface area contributed by atoms with Crippen LogP contribution in [-0.2, 0) is 0 Å². The number of methoxy groups -OCH3 is 1. The molecule has 1 aromatic heterocycles. The molecule has 0 amide bonds. The topological polar surface area (TPSA) is 59.4 Å². The molecule has 0 unspecified atom stereocenters. The van der Waals surface area contributed by atoms with Gasteiger partial charge in [-0.2, -0.15) is 0 Å². The highest BCUT2D eigenvalue weighted by Crippen LogP contribution is 2.23. The first kappa shape index (κ1) is 8.00. The van der Waals surface area contributed by atoms with E-state index in [1.54, 1.807) is 6.92 Å². The van der Waals surface area contributed by atoms with Gasteiger partial charge < -0.3 is 9.84 Å². The van der Waals surface area contributed by atoms with Crippen molar-refractivity contribution in [3.8, 4) is 5.19 Å². The maximum Gasteiger partial charge on any atom is 0.347 e. The van der Waals surface area contributed by atoms with Crippen LogP contribution in [0.4, 0.5) is 0 Å². The van der Waals surface area contributed by atoms with Gasteiger partial charge in [0.25, 0.3) is 5.19 Å². The third kappa shape index (κ3) is 1.48. The van der Waals surface area contributed by atoms with Crippen LogP contribution in [0.2, 0.25) is 0 Å². The van der Waals surface area contributed by atoms with E-state index >= 15 is 0 Å². The van der Waals surface area contributed by atoms with E-state index in [0.717, 1.165) is 11.3 Å². The average molecular weight is 173 g/mol. The number of rotatable bonds is 2. The van der Waals surface area contributed by atoms with Gasteiger partial charge in [-0.05, 0) is 6.92 Å². The fourth-order valence-corrected chi connectivity index (χ4v) is 1.38. The molecule has 0 atom stereocenters. The number of carboxylic acids is 1. The Morgan fingerprint density at radius 3 is 2.64 bits per heavy atom. The van der Waals surface area contributed by atoms with Gasteiger partial charge in [0, 0.05) is 0 Å². The van der Waals surface area contributed by atoms with Gasteiger partial charge in [-0.1, -0.05) is 11.3 Å². The van der Waals surface area contributed by atoms with E-state index in [2.05, 4.69) is 4.98 Å². The largest absolute Gasteiger partial charge is 0.477 e. The zero-order chi connectivity index (χ0) is 8.43. The van der Waals surface area contributed by atoms with Crippen molar-refractivity contribution in [2.45, 2.75) is 6.92 Å². The zero-order valence-corrected chi connectivity index (χ0v) is 6.94. The maximum absolute atomic E-state index is 10.5. The van der Waals surface area contributed by atoms with E-state index in [9.17, 15) is 4.79 Å². The van der Waals surface area contributed by atoms with Crippen LogP contribution in [0.3, 0.4) is 0 Å². The predicted octanol–water partition coefficient (Wildman–Crippen LogP) is 1.16. The first-order chi connectivity index (χ1) is 5.15. The number of nitrogens with zero attached hydrogens (tertiary/aromatic N) is 1. The minimum atomic E-state index is -0.955. The van der Waals surface area contributed by atoms with Crippen molar-refractivity contribution in [2.75, 3.05) is 7.11 Å². The molecule has 0 aromatic carbocycles. The Bertz CT molecular complexity index is 281. The third-order valence-corrected chi connectivity index (χ3v) is 2.25. The van der Waals surface area contributed by atoms with Gasteiger partial charge in [-0.25, -0.2) is 9.78 Å². The van der Waals surface area contributed by atoms with Crippen molar-refractivity contribution >= 4 is 17.3 Å². The second kappa shape index (κ2) is 2.87. The first-order valence-electron chi connectivity index (χ1n) is 2.90. The molecule has 0 fully saturated rings. The predicted molar refractivity (Wildman–Crippen MR) is 40.4 cm³/mol. The fourth-order valence-electron chi connectivity index (χ4n) is 0.657. The zero-order valence-electron chi connectivity index (χ0n) is 6.12. The lowest BCUT2D eigenvalue weighted by molar-refractivity contribution is 0.0701. The van der Waals surface area contributed by atoms with E-state index in [4.69, 9.17) is 9.84 Å². The summed E-state index contributed by atoms with van der Waals surface area (Å²) in [5.41, 5.74) is 0.499. The third-order valence-electron chi connectivity index (χ3n) is 1.15. The van der Waals surface area contributed by atoms with Crippen molar-refractivity contribution < 1.29 is 14.6 Å². The lowest BCUT2D eigenvalue weighted by Crippen LogP contribution is -1.94. The summed E-state index contributed by atoms with van der Waals surface area (Å²) < 4.78 is 4.77. The molecule has 4 nitrogen and oxygen atoms in total. The summed E-state index contributed by atoms with van der Waals surface area (Å²) in [5.74, 6) is -0.955. The summed E-state index contributed by atoms with van der Waals surface area (Å²) in [5, 5.41) is 8.98. The Labute approximate surface area is 67.5 Å². The number of aromatic nitrogens is 1. The summed E-state index contributed by atoms with van der Waals surface area (Å²) in [4.78, 5) is 14.6. The Morgan fingerprint density at radius 1 is 1.73 bits per heavy atom. The number of hydrogen-bond acceptors (Lipinski definition) is 4. The molecule has 0 saturated carbocycles. The van der Waals surface area contributed by atoms with Crippen molar-refractivity contribution in [3.63, 3.8) is 0 Å². The number of hydrogen-bond donors (Lipinski definition) is 1. The standard InChI is InChI=1S/C6H7NO3S/c1-3-4(5(8)9)11-6(7-3)10-2/h1-2H3,(H,8,9).